The van der Waals surface area contributed by atoms with Gasteiger partial charge in [-0.2, -0.15) is 0 Å². The highest BCUT2D eigenvalue weighted by Gasteiger charge is 2.20. The van der Waals surface area contributed by atoms with Gasteiger partial charge in [-0.1, -0.05) is 5.16 Å². The molecular weight excluding hydrogens is 300 g/mol. The molecule has 1 aromatic heterocycles. The number of hydrogen-bond donors (Lipinski definition) is 0. The average molecular weight is 316 g/mol. The Morgan fingerprint density at radius 2 is 1.96 bits per heavy atom. The number of nitrogens with zero attached hydrogens (tertiary/aromatic N) is 2. The van der Waals surface area contributed by atoms with Crippen LogP contribution in [0.15, 0.2) is 28.8 Å². The Kier molecular flexibility index (Phi) is 3.63. The van der Waals surface area contributed by atoms with E-state index in [4.69, 9.17) is 18.7 Å². The van der Waals surface area contributed by atoms with Crippen molar-refractivity contribution in [2.24, 2.45) is 0 Å². The maximum Gasteiger partial charge on any atom is 0.231 e. The van der Waals surface area contributed by atoms with Gasteiger partial charge >= 0.3 is 0 Å². The Morgan fingerprint density at radius 3 is 2.83 bits per heavy atom. The zero-order valence-corrected chi connectivity index (χ0v) is 12.5. The molecule has 23 heavy (non-hydrogen) atoms. The summed E-state index contributed by atoms with van der Waals surface area (Å²) in [5.74, 6) is 2.05. The van der Waals surface area contributed by atoms with Crippen LogP contribution in [0.5, 0.6) is 11.5 Å². The molecule has 1 aromatic carbocycles. The van der Waals surface area contributed by atoms with E-state index < -0.39 is 0 Å². The quantitative estimate of drug-likeness (QED) is 0.854. The lowest BCUT2D eigenvalue weighted by Gasteiger charge is -2.26. The number of carbonyl (C=O) groups excluding carboxylic acids is 1. The summed E-state index contributed by atoms with van der Waals surface area (Å²) in [6.07, 6.45) is 0.230. The van der Waals surface area contributed by atoms with Crippen LogP contribution in [0.4, 0.5) is 0 Å². The molecule has 2 aromatic rings. The summed E-state index contributed by atoms with van der Waals surface area (Å²) in [6.45, 7) is 2.67. The summed E-state index contributed by atoms with van der Waals surface area (Å²) in [6, 6.07) is 7.34. The highest BCUT2D eigenvalue weighted by Crippen LogP contribution is 2.36. The summed E-state index contributed by atoms with van der Waals surface area (Å²) >= 11 is 0. The highest BCUT2D eigenvalue weighted by atomic mass is 16.7. The van der Waals surface area contributed by atoms with Gasteiger partial charge in [-0.3, -0.25) is 4.79 Å². The number of ether oxygens (including phenoxy) is 3. The van der Waals surface area contributed by atoms with Crippen molar-refractivity contribution in [1.82, 2.24) is 10.1 Å². The van der Waals surface area contributed by atoms with Crippen LogP contribution in [0.25, 0.3) is 11.3 Å². The van der Waals surface area contributed by atoms with E-state index in [0.717, 1.165) is 11.3 Å². The van der Waals surface area contributed by atoms with Gasteiger partial charge in [-0.25, -0.2) is 0 Å². The van der Waals surface area contributed by atoms with E-state index in [0.29, 0.717) is 43.5 Å². The minimum Gasteiger partial charge on any atom is -0.454 e. The van der Waals surface area contributed by atoms with Gasteiger partial charge < -0.3 is 23.6 Å². The Bertz CT molecular complexity index is 721. The third-order valence-corrected chi connectivity index (χ3v) is 3.91. The minimum absolute atomic E-state index is 0.0406. The molecule has 4 rings (SSSR count). The van der Waals surface area contributed by atoms with Crippen LogP contribution in [-0.2, 0) is 16.0 Å². The molecule has 0 aliphatic carbocycles. The molecule has 120 valence electrons. The van der Waals surface area contributed by atoms with Crippen molar-refractivity contribution >= 4 is 5.91 Å². The lowest BCUT2D eigenvalue weighted by molar-refractivity contribution is -0.134. The third kappa shape index (κ3) is 2.87. The van der Waals surface area contributed by atoms with Crippen LogP contribution in [0, 0.1) is 0 Å². The third-order valence-electron chi connectivity index (χ3n) is 3.91. The Morgan fingerprint density at radius 1 is 1.13 bits per heavy atom. The normalized spacial score (nSPS) is 16.6. The van der Waals surface area contributed by atoms with E-state index in [2.05, 4.69) is 5.16 Å². The molecule has 0 unspecified atom stereocenters. The number of morpholine rings is 1. The molecule has 1 fully saturated rings. The number of hydrogen-bond acceptors (Lipinski definition) is 6. The highest BCUT2D eigenvalue weighted by molar-refractivity contribution is 5.78. The van der Waals surface area contributed by atoms with E-state index >= 15 is 0 Å². The van der Waals surface area contributed by atoms with Gasteiger partial charge in [-0.15, -0.1) is 0 Å². The van der Waals surface area contributed by atoms with Gasteiger partial charge in [0.05, 0.1) is 25.3 Å². The molecule has 1 amide bonds. The van der Waals surface area contributed by atoms with Gasteiger partial charge in [0.2, 0.25) is 12.7 Å². The van der Waals surface area contributed by atoms with Crippen molar-refractivity contribution in [3.63, 3.8) is 0 Å². The Labute approximate surface area is 132 Å². The summed E-state index contributed by atoms with van der Waals surface area (Å²) in [5, 5.41) is 4.00. The van der Waals surface area contributed by atoms with Crippen molar-refractivity contribution in [2.45, 2.75) is 6.42 Å². The SMILES string of the molecule is O=C(Cc1cc(-c2ccc3c(c2)OCO3)on1)N1CCOCC1. The lowest BCUT2D eigenvalue weighted by Crippen LogP contribution is -2.41. The van der Waals surface area contributed by atoms with Crippen molar-refractivity contribution in [1.29, 1.82) is 0 Å². The van der Waals surface area contributed by atoms with E-state index in [9.17, 15) is 4.79 Å². The zero-order valence-electron chi connectivity index (χ0n) is 12.5. The Balaban J connectivity index is 1.47. The monoisotopic (exact) mass is 316 g/mol. The van der Waals surface area contributed by atoms with E-state index in [1.165, 1.54) is 0 Å². The van der Waals surface area contributed by atoms with E-state index in [1.54, 1.807) is 11.0 Å². The number of rotatable bonds is 3. The smallest absolute Gasteiger partial charge is 0.231 e. The molecular formula is C16H16N2O5. The second kappa shape index (κ2) is 5.92. The molecule has 3 heterocycles. The van der Waals surface area contributed by atoms with Crippen LogP contribution in [0.1, 0.15) is 5.69 Å². The average Bonchev–Trinajstić information content (AvgIpc) is 3.23. The number of carbonyl (C=O) groups is 1. The van der Waals surface area contributed by atoms with Crippen molar-refractivity contribution < 1.29 is 23.5 Å². The lowest BCUT2D eigenvalue weighted by atomic mass is 10.1. The van der Waals surface area contributed by atoms with Gasteiger partial charge in [0.25, 0.3) is 0 Å². The molecule has 0 N–H and O–H groups in total. The topological polar surface area (TPSA) is 74.0 Å². The largest absolute Gasteiger partial charge is 0.454 e. The summed E-state index contributed by atoms with van der Waals surface area (Å²) < 4.78 is 21.2. The second-order valence-electron chi connectivity index (χ2n) is 5.42. The first-order valence-corrected chi connectivity index (χ1v) is 7.51. The first-order valence-electron chi connectivity index (χ1n) is 7.51. The number of fused-ring (bicyclic) bond motifs is 1. The maximum absolute atomic E-state index is 12.2. The summed E-state index contributed by atoms with van der Waals surface area (Å²) in [7, 11) is 0. The van der Waals surface area contributed by atoms with Gasteiger partial charge in [0, 0.05) is 24.7 Å². The van der Waals surface area contributed by atoms with Crippen LogP contribution < -0.4 is 9.47 Å². The van der Waals surface area contributed by atoms with Crippen LogP contribution >= 0.6 is 0 Å². The van der Waals surface area contributed by atoms with Crippen molar-refractivity contribution in [3.05, 3.63) is 30.0 Å². The molecule has 2 aliphatic heterocycles. The molecule has 1 saturated heterocycles. The molecule has 0 spiro atoms. The molecule has 0 radical (unpaired) electrons. The molecule has 0 saturated carbocycles. The predicted octanol–water partition coefficient (Wildman–Crippen LogP) is 1.47. The fraction of sp³-hybridized carbons (Fsp3) is 0.375. The number of benzene rings is 1. The molecule has 0 atom stereocenters. The predicted molar refractivity (Wildman–Crippen MR) is 79.2 cm³/mol. The Hall–Kier alpha value is -2.54. The van der Waals surface area contributed by atoms with Crippen LogP contribution in [0.2, 0.25) is 0 Å². The van der Waals surface area contributed by atoms with Crippen molar-refractivity contribution in [3.8, 4) is 22.8 Å². The van der Waals surface area contributed by atoms with E-state index in [1.807, 2.05) is 18.2 Å². The summed E-state index contributed by atoms with van der Waals surface area (Å²) in [5.41, 5.74) is 1.46. The number of aromatic nitrogens is 1. The zero-order chi connectivity index (χ0) is 15.6. The minimum atomic E-state index is 0.0406. The molecule has 2 aliphatic rings. The van der Waals surface area contributed by atoms with Crippen LogP contribution in [0.3, 0.4) is 0 Å². The maximum atomic E-state index is 12.2. The molecule has 7 heteroatoms. The first-order chi connectivity index (χ1) is 11.3. The standard InChI is InChI=1S/C16H16N2O5/c19-16(18-3-5-20-6-4-18)9-12-8-14(23-17-12)11-1-2-13-15(7-11)22-10-21-13/h1-2,7-8H,3-6,9-10H2. The van der Waals surface area contributed by atoms with Gasteiger partial charge in [-0.05, 0) is 18.2 Å². The van der Waals surface area contributed by atoms with E-state index in [-0.39, 0.29) is 19.1 Å². The second-order valence-corrected chi connectivity index (χ2v) is 5.42. The number of amides is 1. The first kappa shape index (κ1) is 14.1. The van der Waals surface area contributed by atoms with Crippen molar-refractivity contribution in [2.75, 3.05) is 33.1 Å². The van der Waals surface area contributed by atoms with Crippen LogP contribution in [-0.4, -0.2) is 49.1 Å². The fourth-order valence-corrected chi connectivity index (χ4v) is 2.66. The molecule has 7 nitrogen and oxygen atoms in total. The van der Waals surface area contributed by atoms with Gasteiger partial charge in [0.1, 0.15) is 0 Å². The van der Waals surface area contributed by atoms with Gasteiger partial charge in [0.15, 0.2) is 17.3 Å². The fourth-order valence-electron chi connectivity index (χ4n) is 2.66. The summed E-state index contributed by atoms with van der Waals surface area (Å²) in [4.78, 5) is 14.0. The molecule has 0 bridgehead atoms.